The monoisotopic (exact) mass is 804 g/mol. The van der Waals surface area contributed by atoms with Gasteiger partial charge in [0.2, 0.25) is 0 Å². The van der Waals surface area contributed by atoms with E-state index < -0.39 is 39.0 Å². The van der Waals surface area contributed by atoms with Gasteiger partial charge in [0.1, 0.15) is 36.3 Å². The van der Waals surface area contributed by atoms with Crippen molar-refractivity contribution in [3.63, 3.8) is 0 Å². The number of ether oxygens (including phenoxy) is 9. The van der Waals surface area contributed by atoms with E-state index in [1.807, 2.05) is 91.0 Å². The fraction of sp³-hybridized carbons (Fsp3) is 0.533. The molecule has 0 radical (unpaired) electrons. The molecule has 3 aromatic carbocycles. The van der Waals surface area contributed by atoms with Gasteiger partial charge in [-0.3, -0.25) is 4.79 Å². The fourth-order valence-corrected chi connectivity index (χ4v) is 8.37. The molecule has 0 unspecified atom stereocenters. The van der Waals surface area contributed by atoms with Gasteiger partial charge in [0.25, 0.3) is 0 Å². The average Bonchev–Trinajstić information content (AvgIpc) is 3.21. The number of methoxy groups -OCH3 is 2. The molecule has 0 amide bonds. The summed E-state index contributed by atoms with van der Waals surface area (Å²) in [6.07, 6.45) is 0.973. The van der Waals surface area contributed by atoms with Crippen molar-refractivity contribution in [2.45, 2.75) is 127 Å². The quantitative estimate of drug-likeness (QED) is 0.0797. The normalized spacial score (nSPS) is 28.1. The van der Waals surface area contributed by atoms with Gasteiger partial charge in [-0.2, -0.15) is 0 Å². The van der Waals surface area contributed by atoms with E-state index >= 15 is 0 Å². The first-order chi connectivity index (χ1) is 27.4. The number of carbonyl (C=O) groups is 1. The summed E-state index contributed by atoms with van der Waals surface area (Å²) in [5.41, 5.74) is 3.02. The topological polar surface area (TPSA) is 109 Å². The predicted molar refractivity (Wildman–Crippen MR) is 217 cm³/mol. The minimum absolute atomic E-state index is 0.0143. The van der Waals surface area contributed by atoms with Gasteiger partial charge < -0.3 is 47.1 Å². The highest BCUT2D eigenvalue weighted by Gasteiger charge is 2.47. The minimum atomic E-state index is -2.23. The second-order valence-electron chi connectivity index (χ2n) is 16.5. The lowest BCUT2D eigenvalue weighted by Crippen LogP contribution is -2.56. The molecule has 6 rings (SSSR count). The number of hydrogen-bond donors (Lipinski definition) is 0. The molecule has 0 aromatic heterocycles. The molecule has 3 fully saturated rings. The first-order valence-corrected chi connectivity index (χ1v) is 22.9. The summed E-state index contributed by atoms with van der Waals surface area (Å²) in [4.78, 5) is 12.7. The number of carbonyl (C=O) groups excluding carboxylic acids is 1. The number of benzene rings is 3. The van der Waals surface area contributed by atoms with Crippen molar-refractivity contribution < 1.29 is 51.9 Å². The van der Waals surface area contributed by atoms with Crippen molar-refractivity contribution in [2.75, 3.05) is 27.4 Å². The standard InChI is InChI=1S/C45H60O11Si/c1-45(2,3)57(6,7)56-40-25-38-42(30-52-44(55-38)33-18-20-34(47-4)21-19-33)53-35(40)22-23-50-36-24-37(51-28-32-16-12-9-13-17-32)41(54-39(36)26-43(46)48-5)29-49-27-31-14-10-8-11-15-31/h8-23,35-42,44H,24-30H2,1-7H3/b23-22+/t35-,36-,37+,38-,39+,40+,41-,42+,44+/m0/s1. The molecule has 0 spiro atoms. The van der Waals surface area contributed by atoms with Gasteiger partial charge in [0.15, 0.2) is 14.6 Å². The first kappa shape index (κ1) is 43.0. The van der Waals surface area contributed by atoms with Crippen LogP contribution in [0.1, 0.15) is 63.0 Å². The van der Waals surface area contributed by atoms with Crippen LogP contribution >= 0.6 is 0 Å². The summed E-state index contributed by atoms with van der Waals surface area (Å²) in [5.74, 6) is 0.382. The third-order valence-electron chi connectivity index (χ3n) is 11.4. The Morgan fingerprint density at radius 2 is 1.47 bits per heavy atom. The molecule has 310 valence electrons. The average molecular weight is 805 g/mol. The Balaban J connectivity index is 1.17. The van der Waals surface area contributed by atoms with Crippen molar-refractivity contribution in [3.8, 4) is 5.75 Å². The molecule has 0 aliphatic carbocycles. The molecule has 0 bridgehead atoms. The van der Waals surface area contributed by atoms with Crippen molar-refractivity contribution >= 4 is 14.3 Å². The van der Waals surface area contributed by atoms with Gasteiger partial charge in [-0.15, -0.1) is 0 Å². The third kappa shape index (κ3) is 11.8. The largest absolute Gasteiger partial charge is 0.497 e. The van der Waals surface area contributed by atoms with Crippen molar-refractivity contribution in [3.05, 3.63) is 114 Å². The Morgan fingerprint density at radius 3 is 2.12 bits per heavy atom. The smallest absolute Gasteiger partial charge is 0.308 e. The van der Waals surface area contributed by atoms with Crippen LogP contribution in [0.5, 0.6) is 5.75 Å². The van der Waals surface area contributed by atoms with Crippen molar-refractivity contribution in [1.82, 2.24) is 0 Å². The minimum Gasteiger partial charge on any atom is -0.497 e. The Kier molecular flexibility index (Phi) is 15.0. The van der Waals surface area contributed by atoms with Gasteiger partial charge in [0.05, 0.1) is 71.6 Å². The number of hydrogen-bond acceptors (Lipinski definition) is 11. The maximum atomic E-state index is 12.7. The van der Waals surface area contributed by atoms with E-state index in [0.717, 1.165) is 22.4 Å². The van der Waals surface area contributed by atoms with Crippen LogP contribution in [0.3, 0.4) is 0 Å². The number of rotatable bonds is 16. The highest BCUT2D eigenvalue weighted by molar-refractivity contribution is 6.74. The fourth-order valence-electron chi connectivity index (χ4n) is 7.03. The van der Waals surface area contributed by atoms with Gasteiger partial charge in [-0.1, -0.05) is 93.6 Å². The van der Waals surface area contributed by atoms with Crippen LogP contribution < -0.4 is 4.74 Å². The molecule has 3 saturated heterocycles. The Bertz CT molecular complexity index is 1700. The molecule has 3 heterocycles. The van der Waals surface area contributed by atoms with Crippen molar-refractivity contribution in [2.24, 2.45) is 0 Å². The van der Waals surface area contributed by atoms with Gasteiger partial charge in [0, 0.05) is 18.4 Å². The second-order valence-corrected chi connectivity index (χ2v) is 21.2. The maximum absolute atomic E-state index is 12.7. The van der Waals surface area contributed by atoms with E-state index in [0.29, 0.717) is 32.7 Å². The van der Waals surface area contributed by atoms with E-state index in [9.17, 15) is 4.79 Å². The Hall–Kier alpha value is -3.59. The van der Waals surface area contributed by atoms with Gasteiger partial charge >= 0.3 is 5.97 Å². The van der Waals surface area contributed by atoms with Crippen LogP contribution in [-0.4, -0.2) is 90.6 Å². The maximum Gasteiger partial charge on any atom is 0.308 e. The molecule has 9 atom stereocenters. The molecule has 3 aromatic rings. The van der Waals surface area contributed by atoms with E-state index in [4.69, 9.17) is 47.1 Å². The summed E-state index contributed by atoms with van der Waals surface area (Å²) < 4.78 is 62.6. The zero-order chi connectivity index (χ0) is 40.4. The van der Waals surface area contributed by atoms with Gasteiger partial charge in [-0.25, -0.2) is 0 Å². The number of fused-ring (bicyclic) bond motifs is 1. The molecule has 3 aliphatic rings. The van der Waals surface area contributed by atoms with Crippen LogP contribution in [0.15, 0.2) is 97.3 Å². The summed E-state index contributed by atoms with van der Waals surface area (Å²) in [6, 6.07) is 27.7. The molecule has 12 heteroatoms. The van der Waals surface area contributed by atoms with Crippen LogP contribution in [0.2, 0.25) is 18.1 Å². The van der Waals surface area contributed by atoms with E-state index in [1.54, 1.807) is 13.4 Å². The van der Waals surface area contributed by atoms with E-state index in [2.05, 4.69) is 33.9 Å². The molecular formula is C45H60O11Si. The lowest BCUT2D eigenvalue weighted by atomic mass is 9.96. The molecular weight excluding hydrogens is 745 g/mol. The highest BCUT2D eigenvalue weighted by Crippen LogP contribution is 2.42. The molecule has 3 aliphatic heterocycles. The summed E-state index contributed by atoms with van der Waals surface area (Å²) in [6.45, 7) is 12.6. The van der Waals surface area contributed by atoms with Crippen LogP contribution in [-0.2, 0) is 60.3 Å². The van der Waals surface area contributed by atoms with E-state index in [-0.39, 0.29) is 48.5 Å². The summed E-state index contributed by atoms with van der Waals surface area (Å²) in [5, 5.41) is -0.0204. The SMILES string of the molecule is COC(=O)C[C@H]1O[C@@H](COCc2ccccc2)[C@H](OCc2ccccc2)C[C@@H]1O/C=C/[C@@H]1O[C@@H]2CO[C@@H](c3ccc(OC)cc3)O[C@H]2C[C@H]1O[Si](C)(C)C(C)(C)C. The van der Waals surface area contributed by atoms with Crippen LogP contribution in [0.25, 0.3) is 0 Å². The first-order valence-electron chi connectivity index (χ1n) is 20.0. The summed E-state index contributed by atoms with van der Waals surface area (Å²) >= 11 is 0. The third-order valence-corrected chi connectivity index (χ3v) is 15.9. The lowest BCUT2D eigenvalue weighted by molar-refractivity contribution is -0.295. The zero-order valence-electron chi connectivity index (χ0n) is 34.4. The molecule has 0 saturated carbocycles. The van der Waals surface area contributed by atoms with Crippen LogP contribution in [0.4, 0.5) is 0 Å². The molecule has 0 N–H and O–H groups in total. The van der Waals surface area contributed by atoms with Gasteiger partial charge in [-0.05, 0) is 47.5 Å². The second kappa shape index (κ2) is 19.9. The Labute approximate surface area is 338 Å². The predicted octanol–water partition coefficient (Wildman–Crippen LogP) is 8.08. The lowest BCUT2D eigenvalue weighted by Gasteiger charge is -2.48. The van der Waals surface area contributed by atoms with Crippen LogP contribution in [0, 0.1) is 0 Å². The Morgan fingerprint density at radius 1 is 0.789 bits per heavy atom. The van der Waals surface area contributed by atoms with Crippen molar-refractivity contribution in [1.29, 1.82) is 0 Å². The van der Waals surface area contributed by atoms with E-state index in [1.165, 1.54) is 7.11 Å². The molecule has 57 heavy (non-hydrogen) atoms. The zero-order valence-corrected chi connectivity index (χ0v) is 35.4. The summed E-state index contributed by atoms with van der Waals surface area (Å²) in [7, 11) is 0.793. The number of esters is 1. The molecule has 11 nitrogen and oxygen atoms in total. The highest BCUT2D eigenvalue weighted by atomic mass is 28.4.